The number of aryl methyl sites for hydroxylation is 1. The zero-order valence-electron chi connectivity index (χ0n) is 10.8. The van der Waals surface area contributed by atoms with Crippen molar-refractivity contribution in [2.45, 2.75) is 20.3 Å². The molecule has 0 radical (unpaired) electrons. The van der Waals surface area contributed by atoms with Gasteiger partial charge in [-0.3, -0.25) is 0 Å². The van der Waals surface area contributed by atoms with E-state index in [1.165, 1.54) is 0 Å². The van der Waals surface area contributed by atoms with Crippen molar-refractivity contribution < 1.29 is 4.74 Å². The first-order valence-electron chi connectivity index (χ1n) is 6.16. The van der Waals surface area contributed by atoms with Crippen LogP contribution in [0.4, 0.5) is 5.82 Å². The molecule has 1 heterocycles. The summed E-state index contributed by atoms with van der Waals surface area (Å²) in [6.07, 6.45) is 2.83. The van der Waals surface area contributed by atoms with Crippen molar-refractivity contribution in [3.63, 3.8) is 0 Å². The third-order valence-corrected chi connectivity index (χ3v) is 2.77. The molecular weight excluding hydrogens is 224 g/mol. The Morgan fingerprint density at radius 3 is 2.56 bits per heavy atom. The Labute approximate surface area is 108 Å². The number of benzene rings is 1. The molecule has 0 aliphatic carbocycles. The van der Waals surface area contributed by atoms with Crippen LogP contribution in [0.1, 0.15) is 18.9 Å². The van der Waals surface area contributed by atoms with Crippen LogP contribution in [0.2, 0.25) is 0 Å². The first-order chi connectivity index (χ1) is 8.70. The SMILES string of the molecule is CCCOc1ccc(-c2cnc(N)cc2C)cc1. The van der Waals surface area contributed by atoms with E-state index in [1.807, 2.05) is 43.5 Å². The smallest absolute Gasteiger partial charge is 0.123 e. The molecule has 0 amide bonds. The highest BCUT2D eigenvalue weighted by atomic mass is 16.5. The highest BCUT2D eigenvalue weighted by Gasteiger charge is 2.03. The molecule has 0 atom stereocenters. The molecule has 0 bridgehead atoms. The molecule has 0 saturated heterocycles. The summed E-state index contributed by atoms with van der Waals surface area (Å²) >= 11 is 0. The lowest BCUT2D eigenvalue weighted by Crippen LogP contribution is -1.95. The van der Waals surface area contributed by atoms with Crippen LogP contribution in [0.3, 0.4) is 0 Å². The van der Waals surface area contributed by atoms with E-state index in [0.717, 1.165) is 35.5 Å². The maximum atomic E-state index is 5.65. The minimum atomic E-state index is 0.555. The number of anilines is 1. The summed E-state index contributed by atoms with van der Waals surface area (Å²) in [4.78, 5) is 4.13. The third kappa shape index (κ3) is 2.80. The summed E-state index contributed by atoms with van der Waals surface area (Å²) < 4.78 is 5.56. The van der Waals surface area contributed by atoms with Gasteiger partial charge in [0.1, 0.15) is 11.6 Å². The standard InChI is InChI=1S/C15H18N2O/c1-3-8-18-13-6-4-12(5-7-13)14-10-17-15(16)9-11(14)2/h4-7,9-10H,3,8H2,1-2H3,(H2,16,17). The second kappa shape index (κ2) is 5.54. The van der Waals surface area contributed by atoms with Crippen LogP contribution in [-0.2, 0) is 0 Å². The van der Waals surface area contributed by atoms with E-state index in [9.17, 15) is 0 Å². The van der Waals surface area contributed by atoms with E-state index < -0.39 is 0 Å². The van der Waals surface area contributed by atoms with Gasteiger partial charge < -0.3 is 10.5 Å². The van der Waals surface area contributed by atoms with Crippen molar-refractivity contribution in [3.8, 4) is 16.9 Å². The molecule has 94 valence electrons. The Hall–Kier alpha value is -2.03. The van der Waals surface area contributed by atoms with Crippen LogP contribution in [0.5, 0.6) is 5.75 Å². The third-order valence-electron chi connectivity index (χ3n) is 2.77. The maximum absolute atomic E-state index is 5.65. The average molecular weight is 242 g/mol. The molecule has 2 rings (SSSR count). The number of aromatic nitrogens is 1. The van der Waals surface area contributed by atoms with Gasteiger partial charge in [-0.25, -0.2) is 4.98 Å². The van der Waals surface area contributed by atoms with Crippen molar-refractivity contribution in [1.29, 1.82) is 0 Å². The van der Waals surface area contributed by atoms with Gasteiger partial charge in [0.2, 0.25) is 0 Å². The maximum Gasteiger partial charge on any atom is 0.123 e. The molecule has 3 nitrogen and oxygen atoms in total. The van der Waals surface area contributed by atoms with Gasteiger partial charge in [0.15, 0.2) is 0 Å². The molecular formula is C15H18N2O. The minimum Gasteiger partial charge on any atom is -0.494 e. The van der Waals surface area contributed by atoms with Crippen LogP contribution in [0.25, 0.3) is 11.1 Å². The van der Waals surface area contributed by atoms with Gasteiger partial charge in [-0.2, -0.15) is 0 Å². The second-order valence-corrected chi connectivity index (χ2v) is 4.30. The van der Waals surface area contributed by atoms with Crippen molar-refractivity contribution in [2.75, 3.05) is 12.3 Å². The molecule has 0 spiro atoms. The number of hydrogen-bond donors (Lipinski definition) is 1. The van der Waals surface area contributed by atoms with Crippen LogP contribution < -0.4 is 10.5 Å². The highest BCUT2D eigenvalue weighted by Crippen LogP contribution is 2.25. The number of nitrogens with zero attached hydrogens (tertiary/aromatic N) is 1. The van der Waals surface area contributed by atoms with E-state index in [4.69, 9.17) is 10.5 Å². The zero-order valence-corrected chi connectivity index (χ0v) is 10.8. The molecule has 0 unspecified atom stereocenters. The molecule has 18 heavy (non-hydrogen) atoms. The van der Waals surface area contributed by atoms with E-state index >= 15 is 0 Å². The summed E-state index contributed by atoms with van der Waals surface area (Å²) in [5.74, 6) is 1.46. The summed E-state index contributed by atoms with van der Waals surface area (Å²) in [5, 5.41) is 0. The largest absolute Gasteiger partial charge is 0.494 e. The fraction of sp³-hybridized carbons (Fsp3) is 0.267. The minimum absolute atomic E-state index is 0.555. The van der Waals surface area contributed by atoms with Gasteiger partial charge in [0.25, 0.3) is 0 Å². The lowest BCUT2D eigenvalue weighted by molar-refractivity contribution is 0.317. The Bertz CT molecular complexity index is 521. The monoisotopic (exact) mass is 242 g/mol. The van der Waals surface area contributed by atoms with Crippen molar-refractivity contribution in [3.05, 3.63) is 42.1 Å². The zero-order chi connectivity index (χ0) is 13.0. The van der Waals surface area contributed by atoms with Crippen LogP contribution >= 0.6 is 0 Å². The topological polar surface area (TPSA) is 48.1 Å². The fourth-order valence-electron chi connectivity index (χ4n) is 1.83. The van der Waals surface area contributed by atoms with E-state index in [-0.39, 0.29) is 0 Å². The summed E-state index contributed by atoms with van der Waals surface area (Å²) in [7, 11) is 0. The van der Waals surface area contributed by atoms with Crippen molar-refractivity contribution in [1.82, 2.24) is 4.98 Å². The quantitative estimate of drug-likeness (QED) is 0.893. The van der Waals surface area contributed by atoms with E-state index in [2.05, 4.69) is 11.9 Å². The van der Waals surface area contributed by atoms with Gasteiger partial charge in [0.05, 0.1) is 6.61 Å². The normalized spacial score (nSPS) is 10.3. The number of pyridine rings is 1. The lowest BCUT2D eigenvalue weighted by atomic mass is 10.0. The van der Waals surface area contributed by atoms with E-state index in [0.29, 0.717) is 5.82 Å². The highest BCUT2D eigenvalue weighted by molar-refractivity contribution is 5.68. The number of hydrogen-bond acceptors (Lipinski definition) is 3. The summed E-state index contributed by atoms with van der Waals surface area (Å²) in [6.45, 7) is 4.88. The Morgan fingerprint density at radius 1 is 1.22 bits per heavy atom. The van der Waals surface area contributed by atoms with Crippen LogP contribution in [0, 0.1) is 6.92 Å². The van der Waals surface area contributed by atoms with Gasteiger partial charge >= 0.3 is 0 Å². The second-order valence-electron chi connectivity index (χ2n) is 4.30. The van der Waals surface area contributed by atoms with Crippen LogP contribution in [0.15, 0.2) is 36.5 Å². The van der Waals surface area contributed by atoms with Crippen LogP contribution in [-0.4, -0.2) is 11.6 Å². The molecule has 0 aliphatic heterocycles. The first kappa shape index (κ1) is 12.4. The molecule has 0 fully saturated rings. The molecule has 2 N–H and O–H groups in total. The van der Waals surface area contributed by atoms with Crippen molar-refractivity contribution >= 4 is 5.82 Å². The first-order valence-corrected chi connectivity index (χ1v) is 6.16. The van der Waals surface area contributed by atoms with Crippen molar-refractivity contribution in [2.24, 2.45) is 0 Å². The van der Waals surface area contributed by atoms with Gasteiger partial charge in [-0.05, 0) is 42.7 Å². The Kier molecular flexibility index (Phi) is 3.82. The molecule has 1 aromatic heterocycles. The Morgan fingerprint density at radius 2 is 1.94 bits per heavy atom. The summed E-state index contributed by atoms with van der Waals surface area (Å²) in [5.41, 5.74) is 9.01. The molecule has 0 aliphatic rings. The molecule has 1 aromatic carbocycles. The van der Waals surface area contributed by atoms with Gasteiger partial charge in [0, 0.05) is 11.8 Å². The number of rotatable bonds is 4. The predicted octanol–water partition coefficient (Wildman–Crippen LogP) is 3.43. The predicted molar refractivity (Wildman–Crippen MR) is 74.6 cm³/mol. The summed E-state index contributed by atoms with van der Waals surface area (Å²) in [6, 6.07) is 9.95. The fourth-order valence-corrected chi connectivity index (χ4v) is 1.83. The molecule has 0 saturated carbocycles. The lowest BCUT2D eigenvalue weighted by Gasteiger charge is -2.08. The number of nitrogens with two attached hydrogens (primary N) is 1. The number of nitrogen functional groups attached to an aromatic ring is 1. The molecule has 2 aromatic rings. The van der Waals surface area contributed by atoms with Gasteiger partial charge in [-0.15, -0.1) is 0 Å². The number of ether oxygens (including phenoxy) is 1. The van der Waals surface area contributed by atoms with Gasteiger partial charge in [-0.1, -0.05) is 19.1 Å². The average Bonchev–Trinajstić information content (AvgIpc) is 2.37. The Balaban J connectivity index is 2.23. The molecule has 3 heteroatoms. The van der Waals surface area contributed by atoms with E-state index in [1.54, 1.807) is 0 Å².